The average molecular weight is 278 g/mol. The summed E-state index contributed by atoms with van der Waals surface area (Å²) < 4.78 is 44.0. The van der Waals surface area contributed by atoms with Crippen molar-refractivity contribution in [2.45, 2.75) is 25.1 Å². The first kappa shape index (κ1) is 13.0. The van der Waals surface area contributed by atoms with Crippen LogP contribution in [0.1, 0.15) is 29.2 Å². The molecule has 0 bridgehead atoms. The predicted octanol–water partition coefficient (Wildman–Crippen LogP) is 4.77. The Hall–Kier alpha value is -1.97. The Morgan fingerprint density at radius 2 is 1.80 bits per heavy atom. The zero-order valence-corrected chi connectivity index (χ0v) is 10.7. The summed E-state index contributed by atoms with van der Waals surface area (Å²) in [4.78, 5) is 0. The summed E-state index contributed by atoms with van der Waals surface area (Å²) in [5.74, 6) is 0.765. The van der Waals surface area contributed by atoms with Gasteiger partial charge < -0.3 is 4.74 Å². The van der Waals surface area contributed by atoms with E-state index in [4.69, 9.17) is 4.74 Å². The summed E-state index contributed by atoms with van der Waals surface area (Å²) in [5.41, 5.74) is 1.06. The maximum Gasteiger partial charge on any atom is 0.416 e. The summed E-state index contributed by atoms with van der Waals surface area (Å²) in [6.07, 6.45) is -3.12. The van der Waals surface area contributed by atoms with Gasteiger partial charge in [-0.25, -0.2) is 0 Å². The molecule has 0 amide bonds. The van der Waals surface area contributed by atoms with Crippen molar-refractivity contribution in [3.63, 3.8) is 0 Å². The molecule has 104 valence electrons. The lowest BCUT2D eigenvalue weighted by Crippen LogP contribution is -2.16. The second-order valence-electron chi connectivity index (χ2n) is 4.88. The third kappa shape index (κ3) is 2.50. The highest BCUT2D eigenvalue weighted by atomic mass is 19.4. The first-order valence-electron chi connectivity index (χ1n) is 6.46. The Morgan fingerprint density at radius 1 is 1.00 bits per heavy atom. The van der Waals surface area contributed by atoms with Gasteiger partial charge in [0, 0.05) is 0 Å². The second-order valence-corrected chi connectivity index (χ2v) is 4.88. The molecule has 3 rings (SSSR count). The van der Waals surface area contributed by atoms with Crippen molar-refractivity contribution in [2.75, 3.05) is 0 Å². The number of aryl methyl sites for hydroxylation is 1. The van der Waals surface area contributed by atoms with Crippen molar-refractivity contribution in [2.24, 2.45) is 0 Å². The van der Waals surface area contributed by atoms with Crippen LogP contribution in [0.3, 0.4) is 0 Å². The molecule has 1 heterocycles. The van der Waals surface area contributed by atoms with Crippen molar-refractivity contribution < 1.29 is 17.9 Å². The average Bonchev–Trinajstić information content (AvgIpc) is 2.46. The third-order valence-electron chi connectivity index (χ3n) is 3.50. The van der Waals surface area contributed by atoms with Crippen molar-refractivity contribution >= 4 is 0 Å². The standard InChI is InChI=1S/C16H13F3O/c17-16(18,19)13-6-3-5-12(10-13)15-9-8-11-4-1-2-7-14(11)20-15/h1-7,10,15H,8-9H2. The summed E-state index contributed by atoms with van der Waals surface area (Å²) in [6, 6.07) is 13.0. The molecule has 1 unspecified atom stereocenters. The van der Waals surface area contributed by atoms with Gasteiger partial charge in [-0.1, -0.05) is 30.3 Å². The number of benzene rings is 2. The van der Waals surface area contributed by atoms with E-state index < -0.39 is 11.7 Å². The molecule has 2 aromatic carbocycles. The number of hydrogen-bond donors (Lipinski definition) is 0. The van der Waals surface area contributed by atoms with E-state index in [1.54, 1.807) is 6.07 Å². The molecule has 1 atom stereocenters. The summed E-state index contributed by atoms with van der Waals surface area (Å²) in [5, 5.41) is 0. The van der Waals surface area contributed by atoms with Gasteiger partial charge >= 0.3 is 6.18 Å². The van der Waals surface area contributed by atoms with E-state index in [0.29, 0.717) is 12.0 Å². The minimum Gasteiger partial charge on any atom is -0.485 e. The van der Waals surface area contributed by atoms with Gasteiger partial charge in [0.15, 0.2) is 0 Å². The van der Waals surface area contributed by atoms with Crippen molar-refractivity contribution in [1.29, 1.82) is 0 Å². The molecule has 0 aromatic heterocycles. The third-order valence-corrected chi connectivity index (χ3v) is 3.50. The van der Waals surface area contributed by atoms with E-state index in [9.17, 15) is 13.2 Å². The number of halogens is 3. The highest BCUT2D eigenvalue weighted by molar-refractivity contribution is 5.37. The zero-order chi connectivity index (χ0) is 14.2. The van der Waals surface area contributed by atoms with Gasteiger partial charge in [-0.2, -0.15) is 13.2 Å². The highest BCUT2D eigenvalue weighted by Crippen LogP contribution is 2.36. The van der Waals surface area contributed by atoms with E-state index in [1.807, 2.05) is 24.3 Å². The lowest BCUT2D eigenvalue weighted by Gasteiger charge is -2.26. The predicted molar refractivity (Wildman–Crippen MR) is 69.6 cm³/mol. The van der Waals surface area contributed by atoms with Gasteiger partial charge in [-0.3, -0.25) is 0 Å². The van der Waals surface area contributed by atoms with E-state index >= 15 is 0 Å². The largest absolute Gasteiger partial charge is 0.485 e. The van der Waals surface area contributed by atoms with Crippen LogP contribution in [0, 0.1) is 0 Å². The molecule has 2 aromatic rings. The molecule has 0 radical (unpaired) electrons. The smallest absolute Gasteiger partial charge is 0.416 e. The van der Waals surface area contributed by atoms with Gasteiger partial charge in [0.25, 0.3) is 0 Å². The van der Waals surface area contributed by atoms with Crippen LogP contribution >= 0.6 is 0 Å². The van der Waals surface area contributed by atoms with E-state index in [2.05, 4.69) is 0 Å². The van der Waals surface area contributed by atoms with Gasteiger partial charge in [-0.15, -0.1) is 0 Å². The van der Waals surface area contributed by atoms with Crippen LogP contribution < -0.4 is 4.74 Å². The van der Waals surface area contributed by atoms with Gasteiger partial charge in [-0.05, 0) is 42.2 Å². The number of ether oxygens (including phenoxy) is 1. The minimum absolute atomic E-state index is 0.313. The van der Waals surface area contributed by atoms with Crippen LogP contribution in [0.15, 0.2) is 48.5 Å². The van der Waals surface area contributed by atoms with E-state index in [1.165, 1.54) is 12.1 Å². The number of alkyl halides is 3. The van der Waals surface area contributed by atoms with Crippen molar-refractivity contribution in [3.05, 3.63) is 65.2 Å². The van der Waals surface area contributed by atoms with Crippen LogP contribution in [0.4, 0.5) is 13.2 Å². The van der Waals surface area contributed by atoms with Crippen LogP contribution in [-0.4, -0.2) is 0 Å². The van der Waals surface area contributed by atoms with Crippen LogP contribution in [0.5, 0.6) is 5.75 Å². The quantitative estimate of drug-likeness (QED) is 0.730. The Morgan fingerprint density at radius 3 is 2.60 bits per heavy atom. The molecular formula is C16H13F3O. The van der Waals surface area contributed by atoms with Crippen LogP contribution in [-0.2, 0) is 12.6 Å². The van der Waals surface area contributed by atoms with Gasteiger partial charge in [0.1, 0.15) is 11.9 Å². The molecule has 1 aliphatic heterocycles. The Labute approximate surface area is 115 Å². The highest BCUT2D eigenvalue weighted by Gasteiger charge is 2.31. The Bertz CT molecular complexity index is 619. The van der Waals surface area contributed by atoms with Crippen molar-refractivity contribution in [3.8, 4) is 5.75 Å². The molecule has 4 heteroatoms. The SMILES string of the molecule is FC(F)(F)c1cccc(C2CCc3ccccc3O2)c1. The number of hydrogen-bond acceptors (Lipinski definition) is 1. The number of para-hydroxylation sites is 1. The number of fused-ring (bicyclic) bond motifs is 1. The molecule has 1 aliphatic rings. The topological polar surface area (TPSA) is 9.23 Å². The minimum atomic E-state index is -4.32. The maximum absolute atomic E-state index is 12.7. The molecule has 0 N–H and O–H groups in total. The molecule has 0 saturated carbocycles. The molecule has 0 spiro atoms. The summed E-state index contributed by atoms with van der Waals surface area (Å²) in [6.45, 7) is 0. The molecule has 20 heavy (non-hydrogen) atoms. The lowest BCUT2D eigenvalue weighted by molar-refractivity contribution is -0.137. The summed E-state index contributed by atoms with van der Waals surface area (Å²) in [7, 11) is 0. The second kappa shape index (κ2) is 4.85. The first-order valence-corrected chi connectivity index (χ1v) is 6.46. The molecule has 0 aliphatic carbocycles. The fraction of sp³-hybridized carbons (Fsp3) is 0.250. The molecule has 0 saturated heterocycles. The zero-order valence-electron chi connectivity index (χ0n) is 10.7. The Balaban J connectivity index is 1.88. The van der Waals surface area contributed by atoms with E-state index in [-0.39, 0.29) is 6.10 Å². The molecule has 1 nitrogen and oxygen atoms in total. The fourth-order valence-electron chi connectivity index (χ4n) is 2.47. The first-order chi connectivity index (χ1) is 9.54. The monoisotopic (exact) mass is 278 g/mol. The maximum atomic E-state index is 12.7. The normalized spacial score (nSPS) is 18.2. The lowest BCUT2D eigenvalue weighted by atomic mass is 9.96. The van der Waals surface area contributed by atoms with Crippen LogP contribution in [0.25, 0.3) is 0 Å². The van der Waals surface area contributed by atoms with Crippen LogP contribution in [0.2, 0.25) is 0 Å². The molecule has 0 fully saturated rings. The Kier molecular flexibility index (Phi) is 3.16. The van der Waals surface area contributed by atoms with E-state index in [0.717, 1.165) is 23.8 Å². The fourth-order valence-corrected chi connectivity index (χ4v) is 2.47. The van der Waals surface area contributed by atoms with Gasteiger partial charge in [0.05, 0.1) is 5.56 Å². The molecular weight excluding hydrogens is 265 g/mol. The number of rotatable bonds is 1. The summed E-state index contributed by atoms with van der Waals surface area (Å²) >= 11 is 0. The van der Waals surface area contributed by atoms with Crippen molar-refractivity contribution in [1.82, 2.24) is 0 Å². The van der Waals surface area contributed by atoms with Gasteiger partial charge in [0.2, 0.25) is 0 Å².